The first-order valence-corrected chi connectivity index (χ1v) is 9.30. The van der Waals surface area contributed by atoms with E-state index in [0.29, 0.717) is 31.7 Å². The minimum atomic E-state index is 0.0792. The second kappa shape index (κ2) is 8.16. The van der Waals surface area contributed by atoms with Crippen molar-refractivity contribution in [1.82, 2.24) is 9.88 Å². The molecule has 0 fully saturated rings. The lowest BCUT2D eigenvalue weighted by atomic mass is 10.2. The van der Waals surface area contributed by atoms with Crippen LogP contribution in [-0.2, 0) is 16.1 Å². The maximum atomic E-state index is 12.3. The maximum Gasteiger partial charge on any atom is 0.237 e. The molecule has 0 atom stereocenters. The molecule has 0 bridgehead atoms. The summed E-state index contributed by atoms with van der Waals surface area (Å²) in [7, 11) is 1.82. The predicted octanol–water partition coefficient (Wildman–Crippen LogP) is 2.96. The first-order valence-electron chi connectivity index (χ1n) is 8.31. The molecule has 1 aromatic heterocycles. The van der Waals surface area contributed by atoms with Crippen LogP contribution in [0.5, 0.6) is 0 Å². The summed E-state index contributed by atoms with van der Waals surface area (Å²) in [5.74, 6) is 0.580. The highest BCUT2D eigenvalue weighted by atomic mass is 32.2. The average Bonchev–Trinajstić information content (AvgIpc) is 2.64. The number of thioether (sulfide) groups is 1. The van der Waals surface area contributed by atoms with Crippen LogP contribution in [-0.4, -0.2) is 41.0 Å². The van der Waals surface area contributed by atoms with Crippen molar-refractivity contribution in [2.75, 3.05) is 24.2 Å². The van der Waals surface area contributed by atoms with E-state index in [9.17, 15) is 9.59 Å². The minimum Gasteiger partial charge on any atom is -0.341 e. The Morgan fingerprint density at radius 2 is 2.04 bits per heavy atom. The second-order valence-electron chi connectivity index (χ2n) is 6.00. The summed E-state index contributed by atoms with van der Waals surface area (Å²) in [4.78, 5) is 32.3. The molecule has 1 aliphatic heterocycles. The number of carbonyl (C=O) groups is 2. The van der Waals surface area contributed by atoms with Gasteiger partial charge in [0.25, 0.3) is 0 Å². The zero-order valence-electron chi connectivity index (χ0n) is 14.2. The smallest absolute Gasteiger partial charge is 0.237 e. The van der Waals surface area contributed by atoms with Crippen LogP contribution in [0.3, 0.4) is 0 Å². The summed E-state index contributed by atoms with van der Waals surface area (Å²) >= 11 is 1.47. The third kappa shape index (κ3) is 4.39. The number of pyridine rings is 1. The molecular formula is C19H21N3O2S. The van der Waals surface area contributed by atoms with Crippen LogP contribution < -0.4 is 4.90 Å². The maximum absolute atomic E-state index is 12.3. The van der Waals surface area contributed by atoms with Gasteiger partial charge in [0.2, 0.25) is 11.8 Å². The number of nitrogens with zero attached hydrogens (tertiary/aromatic N) is 3. The normalized spacial score (nSPS) is 13.5. The zero-order valence-corrected chi connectivity index (χ0v) is 15.0. The number of anilines is 1. The number of aromatic nitrogens is 1. The van der Waals surface area contributed by atoms with Gasteiger partial charge in [-0.2, -0.15) is 0 Å². The monoisotopic (exact) mass is 355 g/mol. The van der Waals surface area contributed by atoms with Gasteiger partial charge in [-0.25, -0.2) is 4.98 Å². The summed E-state index contributed by atoms with van der Waals surface area (Å²) in [5, 5.41) is 0.884. The van der Waals surface area contributed by atoms with Crippen LogP contribution >= 0.6 is 11.8 Å². The number of fused-ring (bicyclic) bond motifs is 1. The Hall–Kier alpha value is -2.34. The minimum absolute atomic E-state index is 0.0792. The van der Waals surface area contributed by atoms with E-state index in [-0.39, 0.29) is 11.8 Å². The van der Waals surface area contributed by atoms with Crippen molar-refractivity contribution in [3.63, 3.8) is 0 Å². The fourth-order valence-electron chi connectivity index (χ4n) is 2.81. The molecule has 1 aliphatic rings. The number of carbonyl (C=O) groups excluding carboxylic acids is 2. The molecule has 0 saturated carbocycles. The SMILES string of the molecule is CN(Cc1ccccc1)C(=O)CCCN1C(=O)CSc2ncccc21. The van der Waals surface area contributed by atoms with E-state index in [0.717, 1.165) is 16.3 Å². The summed E-state index contributed by atoms with van der Waals surface area (Å²) in [6.45, 7) is 1.15. The fourth-order valence-corrected chi connectivity index (χ4v) is 3.69. The standard InChI is InChI=1S/C19H21N3O2S/c1-21(13-15-7-3-2-4-8-15)17(23)10-6-12-22-16-9-5-11-20-19(16)25-14-18(22)24/h2-5,7-9,11H,6,10,12-14H2,1H3. The highest BCUT2D eigenvalue weighted by Crippen LogP contribution is 2.33. The van der Waals surface area contributed by atoms with Crippen LogP contribution in [0.15, 0.2) is 53.7 Å². The van der Waals surface area contributed by atoms with Gasteiger partial charge in [0.05, 0.1) is 11.4 Å². The number of benzene rings is 1. The Bertz CT molecular complexity index is 751. The van der Waals surface area contributed by atoms with Gasteiger partial charge >= 0.3 is 0 Å². The van der Waals surface area contributed by atoms with E-state index in [1.165, 1.54) is 11.8 Å². The van der Waals surface area contributed by atoms with Crippen molar-refractivity contribution < 1.29 is 9.59 Å². The van der Waals surface area contributed by atoms with Gasteiger partial charge in [-0.15, -0.1) is 0 Å². The van der Waals surface area contributed by atoms with Crippen molar-refractivity contribution in [3.8, 4) is 0 Å². The first-order chi connectivity index (χ1) is 12.1. The van der Waals surface area contributed by atoms with Gasteiger partial charge in [0.15, 0.2) is 0 Å². The van der Waals surface area contributed by atoms with Gasteiger partial charge in [-0.3, -0.25) is 9.59 Å². The third-order valence-corrected chi connectivity index (χ3v) is 5.12. The highest BCUT2D eigenvalue weighted by molar-refractivity contribution is 8.00. The van der Waals surface area contributed by atoms with Crippen molar-refractivity contribution >= 4 is 29.3 Å². The summed E-state index contributed by atoms with van der Waals surface area (Å²) in [6.07, 6.45) is 2.81. The Labute approximate surface area is 152 Å². The fraction of sp³-hybridized carbons (Fsp3) is 0.316. The molecule has 5 nitrogen and oxygen atoms in total. The largest absolute Gasteiger partial charge is 0.341 e. The van der Waals surface area contributed by atoms with Gasteiger partial charge in [-0.05, 0) is 24.1 Å². The molecule has 0 N–H and O–H groups in total. The Kier molecular flexibility index (Phi) is 5.71. The topological polar surface area (TPSA) is 53.5 Å². The van der Waals surface area contributed by atoms with Crippen LogP contribution in [0.2, 0.25) is 0 Å². The molecule has 0 saturated heterocycles. The van der Waals surface area contributed by atoms with Crippen LogP contribution in [0.25, 0.3) is 0 Å². The van der Waals surface area contributed by atoms with E-state index in [1.807, 2.05) is 49.5 Å². The molecule has 2 heterocycles. The Balaban J connectivity index is 1.52. The predicted molar refractivity (Wildman–Crippen MR) is 99.5 cm³/mol. The third-order valence-electron chi connectivity index (χ3n) is 4.14. The van der Waals surface area contributed by atoms with E-state index >= 15 is 0 Å². The molecule has 1 aromatic carbocycles. The molecular weight excluding hydrogens is 334 g/mol. The summed E-state index contributed by atoms with van der Waals surface area (Å²) < 4.78 is 0. The van der Waals surface area contributed by atoms with E-state index in [2.05, 4.69) is 4.98 Å². The van der Waals surface area contributed by atoms with Crippen LogP contribution in [0.4, 0.5) is 5.69 Å². The molecule has 130 valence electrons. The van der Waals surface area contributed by atoms with E-state index in [1.54, 1.807) is 16.0 Å². The number of hydrogen-bond acceptors (Lipinski definition) is 4. The number of hydrogen-bond donors (Lipinski definition) is 0. The molecule has 2 amide bonds. The van der Waals surface area contributed by atoms with Crippen LogP contribution in [0, 0.1) is 0 Å². The molecule has 2 aromatic rings. The van der Waals surface area contributed by atoms with Crippen molar-refractivity contribution in [2.24, 2.45) is 0 Å². The number of rotatable bonds is 6. The van der Waals surface area contributed by atoms with E-state index in [4.69, 9.17) is 0 Å². The summed E-state index contributed by atoms with van der Waals surface area (Å²) in [6, 6.07) is 13.7. The average molecular weight is 355 g/mol. The molecule has 0 aliphatic carbocycles. The van der Waals surface area contributed by atoms with Gasteiger partial charge < -0.3 is 9.80 Å². The highest BCUT2D eigenvalue weighted by Gasteiger charge is 2.25. The Morgan fingerprint density at radius 1 is 1.24 bits per heavy atom. The Morgan fingerprint density at radius 3 is 2.84 bits per heavy atom. The second-order valence-corrected chi connectivity index (χ2v) is 6.96. The number of amides is 2. The van der Waals surface area contributed by atoms with Gasteiger partial charge in [0.1, 0.15) is 5.03 Å². The molecule has 25 heavy (non-hydrogen) atoms. The first kappa shape index (κ1) is 17.5. The molecule has 3 rings (SSSR count). The van der Waals surface area contributed by atoms with Crippen LogP contribution in [0.1, 0.15) is 18.4 Å². The lowest BCUT2D eigenvalue weighted by molar-refractivity contribution is -0.130. The quantitative estimate of drug-likeness (QED) is 0.799. The van der Waals surface area contributed by atoms with Gasteiger partial charge in [0, 0.05) is 32.8 Å². The summed E-state index contributed by atoms with van der Waals surface area (Å²) in [5.41, 5.74) is 1.97. The molecule has 0 radical (unpaired) electrons. The molecule has 6 heteroatoms. The van der Waals surface area contributed by atoms with Crippen molar-refractivity contribution in [1.29, 1.82) is 0 Å². The lowest BCUT2D eigenvalue weighted by Gasteiger charge is -2.28. The van der Waals surface area contributed by atoms with Crippen molar-refractivity contribution in [2.45, 2.75) is 24.4 Å². The molecule has 0 unspecified atom stereocenters. The molecule has 0 spiro atoms. The van der Waals surface area contributed by atoms with E-state index < -0.39 is 0 Å². The zero-order chi connectivity index (χ0) is 17.6. The lowest BCUT2D eigenvalue weighted by Crippen LogP contribution is -2.37. The van der Waals surface area contributed by atoms with Crippen molar-refractivity contribution in [3.05, 3.63) is 54.2 Å². The van der Waals surface area contributed by atoms with Gasteiger partial charge in [-0.1, -0.05) is 42.1 Å².